The van der Waals surface area contributed by atoms with Gasteiger partial charge in [0.2, 0.25) is 0 Å². The highest BCUT2D eigenvalue weighted by Gasteiger charge is 2.53. The molecule has 3 rings (SSSR count). The zero-order valence-corrected chi connectivity index (χ0v) is 12.7. The predicted octanol–water partition coefficient (Wildman–Crippen LogP) is 4.17. The van der Waals surface area contributed by atoms with E-state index in [2.05, 4.69) is 42.2 Å². The number of hydrogen-bond acceptors (Lipinski definition) is 2. The summed E-state index contributed by atoms with van der Waals surface area (Å²) in [6.07, 6.45) is 5.27. The highest BCUT2D eigenvalue weighted by molar-refractivity contribution is 5.22. The van der Waals surface area contributed by atoms with Gasteiger partial charge in [0.1, 0.15) is 6.04 Å². The van der Waals surface area contributed by atoms with Gasteiger partial charge in [0.15, 0.2) is 0 Å². The van der Waals surface area contributed by atoms with E-state index < -0.39 is 0 Å². The van der Waals surface area contributed by atoms with Gasteiger partial charge in [-0.2, -0.15) is 5.26 Å². The van der Waals surface area contributed by atoms with E-state index in [1.807, 2.05) is 32.1 Å². The Kier molecular flexibility index (Phi) is 4.98. The van der Waals surface area contributed by atoms with Gasteiger partial charge in [0.05, 0.1) is 6.07 Å². The van der Waals surface area contributed by atoms with Gasteiger partial charge in [-0.15, -0.1) is 0 Å². The molecule has 0 aromatic heterocycles. The third-order valence-corrected chi connectivity index (χ3v) is 4.43. The monoisotopic (exact) mass is 268 g/mol. The van der Waals surface area contributed by atoms with Crippen molar-refractivity contribution in [3.8, 4) is 6.07 Å². The van der Waals surface area contributed by atoms with Crippen LogP contribution in [0.1, 0.15) is 38.8 Å². The molecule has 1 aromatic carbocycles. The van der Waals surface area contributed by atoms with Crippen LogP contribution in [0, 0.1) is 23.2 Å². The maximum atomic E-state index is 9.24. The molecule has 4 atom stereocenters. The molecule has 106 valence electrons. The fourth-order valence-electron chi connectivity index (χ4n) is 2.99. The molecule has 2 nitrogen and oxygen atoms in total. The number of allylic oxidation sites excluding steroid dienone is 2. The average Bonchev–Trinajstić information content (AvgIpc) is 3.19. The second-order valence-corrected chi connectivity index (χ2v) is 5.68. The Morgan fingerprint density at radius 1 is 1.25 bits per heavy atom. The van der Waals surface area contributed by atoms with Gasteiger partial charge in [0, 0.05) is 12.6 Å². The number of rotatable bonds is 2. The zero-order chi connectivity index (χ0) is 14.5. The molecule has 1 saturated heterocycles. The fourth-order valence-corrected chi connectivity index (χ4v) is 2.99. The van der Waals surface area contributed by atoms with Crippen molar-refractivity contribution in [1.29, 1.82) is 5.26 Å². The molecule has 1 saturated carbocycles. The Balaban J connectivity index is 0.000000328. The summed E-state index contributed by atoms with van der Waals surface area (Å²) in [6.45, 7) is 7.32. The molecule has 2 heteroatoms. The van der Waals surface area contributed by atoms with Crippen molar-refractivity contribution in [1.82, 2.24) is 4.90 Å². The first-order chi connectivity index (χ1) is 9.72. The van der Waals surface area contributed by atoms with Crippen LogP contribution in [-0.4, -0.2) is 17.5 Å². The normalized spacial score (nSPS) is 29.2. The lowest BCUT2D eigenvalue weighted by Crippen LogP contribution is -2.34. The van der Waals surface area contributed by atoms with Crippen molar-refractivity contribution in [3.05, 3.63) is 48.0 Å². The fraction of sp³-hybridized carbons (Fsp3) is 0.500. The van der Waals surface area contributed by atoms with Gasteiger partial charge in [-0.25, -0.2) is 0 Å². The van der Waals surface area contributed by atoms with Gasteiger partial charge >= 0.3 is 0 Å². The summed E-state index contributed by atoms with van der Waals surface area (Å²) in [5, 5.41) is 9.24. The topological polar surface area (TPSA) is 27.0 Å². The molecule has 1 heterocycles. The van der Waals surface area contributed by atoms with Gasteiger partial charge < -0.3 is 0 Å². The molecule has 2 aliphatic rings. The summed E-state index contributed by atoms with van der Waals surface area (Å²) >= 11 is 0. The molecular weight excluding hydrogens is 244 g/mol. The zero-order valence-electron chi connectivity index (χ0n) is 12.7. The molecule has 0 bridgehead atoms. The van der Waals surface area contributed by atoms with Crippen molar-refractivity contribution < 1.29 is 0 Å². The summed E-state index contributed by atoms with van der Waals surface area (Å²) in [6, 6.07) is 13.5. The number of nitriles is 1. The van der Waals surface area contributed by atoms with Crippen LogP contribution < -0.4 is 0 Å². The third kappa shape index (κ3) is 3.11. The Bertz CT molecular complexity index is 482. The second kappa shape index (κ2) is 6.72. The number of likely N-dealkylation sites (tertiary alicyclic amines) is 1. The molecule has 1 aliphatic heterocycles. The van der Waals surface area contributed by atoms with Crippen LogP contribution in [0.4, 0.5) is 0 Å². The summed E-state index contributed by atoms with van der Waals surface area (Å²) in [7, 11) is 0. The second-order valence-electron chi connectivity index (χ2n) is 5.68. The van der Waals surface area contributed by atoms with Crippen molar-refractivity contribution in [2.75, 3.05) is 6.54 Å². The standard InChI is InChI=1S/C14H16N2.C4H8/c1-10(11-5-3-2-4-6-11)16-9-12-7-13(12)14(16)8-15;1-3-4-2/h2-6,10,12-14H,7,9H2,1H3;3-4H,1-2H3/b;4-3-. The van der Waals surface area contributed by atoms with Crippen LogP contribution >= 0.6 is 0 Å². The number of nitrogens with zero attached hydrogens (tertiary/aromatic N) is 2. The molecule has 0 radical (unpaired) electrons. The summed E-state index contributed by atoms with van der Waals surface area (Å²) in [5.41, 5.74) is 1.32. The Morgan fingerprint density at radius 2 is 1.90 bits per heavy atom. The number of benzene rings is 1. The molecule has 20 heavy (non-hydrogen) atoms. The molecule has 1 aromatic rings. The molecule has 4 unspecified atom stereocenters. The van der Waals surface area contributed by atoms with E-state index in [0.29, 0.717) is 12.0 Å². The van der Waals surface area contributed by atoms with E-state index in [1.54, 1.807) is 0 Å². The van der Waals surface area contributed by atoms with E-state index in [-0.39, 0.29) is 6.04 Å². The predicted molar refractivity (Wildman–Crippen MR) is 83.0 cm³/mol. The van der Waals surface area contributed by atoms with Gasteiger partial charge in [-0.3, -0.25) is 4.90 Å². The Hall–Kier alpha value is -1.59. The van der Waals surface area contributed by atoms with Crippen LogP contribution in [-0.2, 0) is 0 Å². The van der Waals surface area contributed by atoms with Crippen molar-refractivity contribution in [3.63, 3.8) is 0 Å². The van der Waals surface area contributed by atoms with Crippen molar-refractivity contribution >= 4 is 0 Å². The Labute approximate surface area is 122 Å². The maximum Gasteiger partial charge on any atom is 0.101 e. The molecular formula is C18H24N2. The van der Waals surface area contributed by atoms with Crippen LogP contribution in [0.25, 0.3) is 0 Å². The molecule has 0 amide bonds. The number of piperidine rings is 1. The summed E-state index contributed by atoms with van der Waals surface area (Å²) in [5.74, 6) is 1.46. The van der Waals surface area contributed by atoms with E-state index in [9.17, 15) is 5.26 Å². The molecule has 1 aliphatic carbocycles. The van der Waals surface area contributed by atoms with Crippen molar-refractivity contribution in [2.24, 2.45) is 11.8 Å². The van der Waals surface area contributed by atoms with E-state index >= 15 is 0 Å². The summed E-state index contributed by atoms with van der Waals surface area (Å²) < 4.78 is 0. The van der Waals surface area contributed by atoms with Crippen molar-refractivity contribution in [2.45, 2.75) is 39.3 Å². The minimum atomic E-state index is 0.153. The highest BCUT2D eigenvalue weighted by atomic mass is 15.2. The van der Waals surface area contributed by atoms with Gasteiger partial charge in [0.25, 0.3) is 0 Å². The minimum Gasteiger partial charge on any atom is -0.281 e. The first kappa shape index (κ1) is 14.8. The van der Waals surface area contributed by atoms with Crippen LogP contribution in [0.5, 0.6) is 0 Å². The van der Waals surface area contributed by atoms with Gasteiger partial charge in [-0.05, 0) is 44.6 Å². The Morgan fingerprint density at radius 3 is 2.45 bits per heavy atom. The molecule has 0 N–H and O–H groups in total. The lowest BCUT2D eigenvalue weighted by molar-refractivity contribution is 0.198. The van der Waals surface area contributed by atoms with Crippen LogP contribution in [0.15, 0.2) is 42.5 Å². The first-order valence-corrected chi connectivity index (χ1v) is 7.50. The minimum absolute atomic E-state index is 0.153. The van der Waals surface area contributed by atoms with E-state index in [1.165, 1.54) is 12.0 Å². The quantitative estimate of drug-likeness (QED) is 0.753. The SMILES string of the molecule is C/C=C\C.CC(c1ccccc1)N1CC2CC2C1C#N. The van der Waals surface area contributed by atoms with Crippen LogP contribution in [0.2, 0.25) is 0 Å². The summed E-state index contributed by atoms with van der Waals surface area (Å²) in [4.78, 5) is 2.37. The lowest BCUT2D eigenvalue weighted by atomic mass is 10.1. The number of hydrogen-bond donors (Lipinski definition) is 0. The lowest BCUT2D eigenvalue weighted by Gasteiger charge is -2.29. The molecule has 2 fully saturated rings. The number of fused-ring (bicyclic) bond motifs is 1. The molecule has 0 spiro atoms. The van der Waals surface area contributed by atoms with E-state index in [0.717, 1.165) is 12.5 Å². The third-order valence-electron chi connectivity index (χ3n) is 4.43. The van der Waals surface area contributed by atoms with E-state index in [4.69, 9.17) is 0 Å². The largest absolute Gasteiger partial charge is 0.281 e. The first-order valence-electron chi connectivity index (χ1n) is 7.50. The average molecular weight is 268 g/mol. The van der Waals surface area contributed by atoms with Gasteiger partial charge in [-0.1, -0.05) is 42.5 Å². The van der Waals surface area contributed by atoms with Crippen LogP contribution in [0.3, 0.4) is 0 Å². The maximum absolute atomic E-state index is 9.24. The smallest absolute Gasteiger partial charge is 0.101 e. The highest BCUT2D eigenvalue weighted by Crippen LogP contribution is 2.51.